The number of hydrogen-bond donors (Lipinski definition) is 0. The van der Waals surface area contributed by atoms with E-state index in [1.165, 1.54) is 5.56 Å². The minimum Gasteiger partial charge on any atom is -0.364 e. The predicted molar refractivity (Wildman–Crippen MR) is 109 cm³/mol. The zero-order valence-electron chi connectivity index (χ0n) is 14.7. The monoisotopic (exact) mass is 402 g/mol. The number of carbonyl (C=O) groups is 2. The van der Waals surface area contributed by atoms with Crippen molar-refractivity contribution in [2.75, 3.05) is 26.2 Å². The van der Waals surface area contributed by atoms with Crippen molar-refractivity contribution in [1.29, 1.82) is 0 Å². The van der Waals surface area contributed by atoms with Gasteiger partial charge >= 0.3 is 0 Å². The number of ketones is 2. The molecule has 2 aromatic carbocycles. The number of hydrogen-bond acceptors (Lipinski definition) is 4. The van der Waals surface area contributed by atoms with Crippen LogP contribution in [0.4, 0.5) is 0 Å². The maximum absolute atomic E-state index is 12.9. The number of rotatable bonds is 3. The van der Waals surface area contributed by atoms with Crippen molar-refractivity contribution < 1.29 is 9.59 Å². The number of fused-ring (bicyclic) bond motifs is 1. The van der Waals surface area contributed by atoms with Gasteiger partial charge in [0.1, 0.15) is 10.7 Å². The molecule has 0 amide bonds. The Kier molecular flexibility index (Phi) is 6.00. The lowest BCUT2D eigenvalue weighted by molar-refractivity contribution is 0.0907. The standard InChI is InChI=1S/C21H19ClN2O2.ClH/c22-18-19(21(26)17-9-5-4-8-16(17)20(18)25)24-12-10-23(11-13-24)14-15-6-2-1-3-7-15;/h1-9H,10-14H2;1H. The third-order valence-electron chi connectivity index (χ3n) is 4.98. The summed E-state index contributed by atoms with van der Waals surface area (Å²) in [7, 11) is 0. The molecule has 0 bridgehead atoms. The van der Waals surface area contributed by atoms with Gasteiger partial charge in [-0.15, -0.1) is 12.4 Å². The fourth-order valence-corrected chi connectivity index (χ4v) is 3.89. The van der Waals surface area contributed by atoms with E-state index in [1.807, 2.05) is 23.1 Å². The molecule has 27 heavy (non-hydrogen) atoms. The lowest BCUT2D eigenvalue weighted by atomic mass is 9.91. The average Bonchev–Trinajstić information content (AvgIpc) is 2.68. The zero-order valence-corrected chi connectivity index (χ0v) is 16.3. The summed E-state index contributed by atoms with van der Waals surface area (Å²) in [5.74, 6) is -0.412. The topological polar surface area (TPSA) is 40.6 Å². The van der Waals surface area contributed by atoms with Crippen molar-refractivity contribution in [2.24, 2.45) is 0 Å². The normalized spacial score (nSPS) is 17.6. The first-order chi connectivity index (χ1) is 12.6. The fourth-order valence-electron chi connectivity index (χ4n) is 3.59. The molecule has 1 fully saturated rings. The van der Waals surface area contributed by atoms with Crippen LogP contribution in [-0.4, -0.2) is 47.5 Å². The Morgan fingerprint density at radius 2 is 1.33 bits per heavy atom. The summed E-state index contributed by atoms with van der Waals surface area (Å²) in [4.78, 5) is 29.7. The van der Waals surface area contributed by atoms with Crippen LogP contribution in [0.1, 0.15) is 26.3 Å². The van der Waals surface area contributed by atoms with Crippen LogP contribution in [0.25, 0.3) is 0 Å². The molecule has 1 aliphatic carbocycles. The van der Waals surface area contributed by atoms with Gasteiger partial charge in [-0.1, -0.05) is 66.2 Å². The van der Waals surface area contributed by atoms with Crippen molar-refractivity contribution in [3.05, 3.63) is 82.0 Å². The first-order valence-corrected chi connectivity index (χ1v) is 9.12. The molecule has 0 aromatic heterocycles. The molecule has 1 aliphatic heterocycles. The Hall–Kier alpha value is -2.14. The maximum atomic E-state index is 12.9. The molecule has 2 aromatic rings. The Bertz CT molecular complexity index is 888. The van der Waals surface area contributed by atoms with Crippen molar-refractivity contribution >= 4 is 35.6 Å². The minimum absolute atomic E-state index is 0. The molecule has 0 saturated carbocycles. The van der Waals surface area contributed by atoms with E-state index >= 15 is 0 Å². The van der Waals surface area contributed by atoms with Crippen LogP contribution >= 0.6 is 24.0 Å². The van der Waals surface area contributed by atoms with Gasteiger partial charge in [-0.2, -0.15) is 0 Å². The van der Waals surface area contributed by atoms with Gasteiger partial charge in [0.2, 0.25) is 11.6 Å². The smallest absolute Gasteiger partial charge is 0.211 e. The summed E-state index contributed by atoms with van der Waals surface area (Å²) in [6.07, 6.45) is 0. The van der Waals surface area contributed by atoms with E-state index in [4.69, 9.17) is 11.6 Å². The quantitative estimate of drug-likeness (QED) is 0.783. The highest BCUT2D eigenvalue weighted by Gasteiger charge is 2.35. The second-order valence-electron chi connectivity index (χ2n) is 6.62. The van der Waals surface area contributed by atoms with E-state index in [9.17, 15) is 9.59 Å². The number of nitrogens with zero attached hydrogens (tertiary/aromatic N) is 2. The highest BCUT2D eigenvalue weighted by molar-refractivity contribution is 6.49. The van der Waals surface area contributed by atoms with Gasteiger partial charge in [-0.05, 0) is 5.56 Å². The highest BCUT2D eigenvalue weighted by Crippen LogP contribution is 2.31. The summed E-state index contributed by atoms with van der Waals surface area (Å²) in [6, 6.07) is 17.2. The van der Waals surface area contributed by atoms with Gasteiger partial charge in [-0.3, -0.25) is 14.5 Å². The molecule has 0 radical (unpaired) electrons. The predicted octanol–water partition coefficient (Wildman–Crippen LogP) is 3.76. The molecule has 4 nitrogen and oxygen atoms in total. The highest BCUT2D eigenvalue weighted by atomic mass is 35.5. The molecular formula is C21H20Cl2N2O2. The summed E-state index contributed by atoms with van der Waals surface area (Å²) >= 11 is 6.31. The number of Topliss-reactive ketones (excluding diaryl/α,β-unsaturated/α-hetero) is 2. The van der Waals surface area contributed by atoms with Crippen LogP contribution in [0.5, 0.6) is 0 Å². The molecular weight excluding hydrogens is 383 g/mol. The Morgan fingerprint density at radius 1 is 0.778 bits per heavy atom. The molecule has 0 atom stereocenters. The Morgan fingerprint density at radius 3 is 1.96 bits per heavy atom. The van der Waals surface area contributed by atoms with E-state index in [-0.39, 0.29) is 29.0 Å². The summed E-state index contributed by atoms with van der Waals surface area (Å²) in [5.41, 5.74) is 2.48. The van der Waals surface area contributed by atoms with Gasteiger partial charge in [0.25, 0.3) is 0 Å². The lowest BCUT2D eigenvalue weighted by Gasteiger charge is -2.38. The summed E-state index contributed by atoms with van der Waals surface area (Å²) < 4.78 is 0. The molecule has 0 unspecified atom stereocenters. The average molecular weight is 403 g/mol. The molecule has 0 N–H and O–H groups in total. The molecule has 4 rings (SSSR count). The largest absolute Gasteiger partial charge is 0.364 e. The van der Waals surface area contributed by atoms with Crippen molar-refractivity contribution in [3.63, 3.8) is 0 Å². The third kappa shape index (κ3) is 3.79. The van der Waals surface area contributed by atoms with Crippen LogP contribution in [0.15, 0.2) is 65.3 Å². The molecule has 2 aliphatic rings. The first kappa shape index (κ1) is 19.6. The first-order valence-electron chi connectivity index (χ1n) is 8.74. The van der Waals surface area contributed by atoms with Gasteiger partial charge < -0.3 is 4.90 Å². The van der Waals surface area contributed by atoms with E-state index in [2.05, 4.69) is 17.0 Å². The number of benzene rings is 2. The molecule has 1 saturated heterocycles. The van der Waals surface area contributed by atoms with Crippen LogP contribution in [0.2, 0.25) is 0 Å². The van der Waals surface area contributed by atoms with Crippen LogP contribution in [0, 0.1) is 0 Å². The third-order valence-corrected chi connectivity index (χ3v) is 5.33. The van der Waals surface area contributed by atoms with E-state index < -0.39 is 0 Å². The van der Waals surface area contributed by atoms with Gasteiger partial charge in [0.05, 0.1) is 0 Å². The molecule has 1 heterocycles. The maximum Gasteiger partial charge on any atom is 0.211 e. The van der Waals surface area contributed by atoms with Gasteiger partial charge in [0.15, 0.2) is 0 Å². The van der Waals surface area contributed by atoms with Crippen molar-refractivity contribution in [3.8, 4) is 0 Å². The second kappa shape index (κ2) is 8.26. The van der Waals surface area contributed by atoms with Crippen LogP contribution in [0.3, 0.4) is 0 Å². The lowest BCUT2D eigenvalue weighted by Crippen LogP contribution is -2.47. The van der Waals surface area contributed by atoms with Crippen LogP contribution < -0.4 is 0 Å². The Labute approximate surface area is 169 Å². The number of carbonyl (C=O) groups excluding carboxylic acids is 2. The van der Waals surface area contributed by atoms with Crippen molar-refractivity contribution in [1.82, 2.24) is 9.80 Å². The summed E-state index contributed by atoms with van der Waals surface area (Å²) in [6.45, 7) is 3.90. The number of allylic oxidation sites excluding steroid dienone is 2. The SMILES string of the molecule is Cl.O=C1C(Cl)=C(N2CCN(Cc3ccccc3)CC2)C(=O)c2ccccc21. The molecule has 6 heteroatoms. The van der Waals surface area contributed by atoms with E-state index in [0.29, 0.717) is 29.9 Å². The minimum atomic E-state index is -0.261. The molecule has 140 valence electrons. The number of halogens is 2. The summed E-state index contributed by atoms with van der Waals surface area (Å²) in [5, 5.41) is 0.0465. The molecule has 0 spiro atoms. The van der Waals surface area contributed by atoms with Gasteiger partial charge in [0, 0.05) is 43.9 Å². The second-order valence-corrected chi connectivity index (χ2v) is 6.99. The fraction of sp³-hybridized carbons (Fsp3) is 0.238. The van der Waals surface area contributed by atoms with Gasteiger partial charge in [-0.25, -0.2) is 0 Å². The van der Waals surface area contributed by atoms with Crippen molar-refractivity contribution in [2.45, 2.75) is 6.54 Å². The van der Waals surface area contributed by atoms with Crippen LogP contribution in [-0.2, 0) is 6.54 Å². The van der Waals surface area contributed by atoms with E-state index in [0.717, 1.165) is 19.6 Å². The Balaban J connectivity index is 0.00000210. The van der Waals surface area contributed by atoms with E-state index in [1.54, 1.807) is 24.3 Å². The number of piperazine rings is 1. The zero-order chi connectivity index (χ0) is 18.1.